The number of rotatable bonds is 32. The lowest BCUT2D eigenvalue weighted by Gasteiger charge is -2.38. The maximum Gasteiger partial charge on any atom is 0.237 e. The number of ether oxygens (including phenoxy) is 8. The van der Waals surface area contributed by atoms with Gasteiger partial charge in [-0.1, -0.05) is 160 Å². The summed E-state index contributed by atoms with van der Waals surface area (Å²) in [5.74, 6) is 0.486. The highest BCUT2D eigenvalue weighted by Crippen LogP contribution is 2.59. The van der Waals surface area contributed by atoms with Crippen LogP contribution in [0, 0.1) is 23.7 Å². The zero-order valence-corrected chi connectivity index (χ0v) is 59.4. The van der Waals surface area contributed by atoms with E-state index in [1.54, 1.807) is 0 Å². The number of carbonyl (C=O) groups is 4. The van der Waals surface area contributed by atoms with Gasteiger partial charge >= 0.3 is 0 Å². The standard InChI is InChI=1S/C76H112N8O12/c1-13-17-21-25-45-49-29-51-46(26-22-18-14-2)53-31-55-48(28-24-20-16-4)56-32-54-47(27-23-19-15-3)52-30-50(45)66-58(34-82-74(86)62(78)42(7)8)68(52)92-39-94-70(54)60(36-84-76(88)64(80)44(11)12)72(56)96-40-95-71(55)59(35-83-75(87)63(79)43(9)10)69(53)93-38-91-67(51)57(65(49)89-37-90-66)33-81-73(85)61(77)41(5)6/h29-32,41-48,61-64H,13-28,33-40,77-80H2,1-12H3,(H,81,85)(H,82,86)(H,83,87)(H,84,88)/t45?,46?,47?,48?,61-,62-,63-,64-/m0/s1. The van der Waals surface area contributed by atoms with E-state index >= 15 is 0 Å². The molecule has 0 radical (unpaired) electrons. The molecule has 4 amide bonds. The van der Waals surface area contributed by atoms with Crippen molar-refractivity contribution >= 4 is 23.6 Å². The Morgan fingerprint density at radius 3 is 0.635 bits per heavy atom. The van der Waals surface area contributed by atoms with Crippen molar-refractivity contribution in [2.75, 3.05) is 27.2 Å². The zero-order valence-electron chi connectivity index (χ0n) is 59.4. The Balaban J connectivity index is 1.51. The first-order valence-electron chi connectivity index (χ1n) is 36.1. The minimum atomic E-state index is -0.803. The topological polar surface area (TPSA) is 294 Å². The number of unbranched alkanes of at least 4 members (excludes halogenated alkanes) is 8. The van der Waals surface area contributed by atoms with Gasteiger partial charge in [0.15, 0.2) is 0 Å². The average molecular weight is 1330 g/mol. The van der Waals surface area contributed by atoms with Crippen molar-refractivity contribution in [3.8, 4) is 46.0 Å². The molecule has 0 saturated carbocycles. The summed E-state index contributed by atoms with van der Waals surface area (Å²) in [6.45, 7) is 23.1. The Morgan fingerprint density at radius 1 is 0.323 bits per heavy atom. The zero-order chi connectivity index (χ0) is 69.1. The lowest BCUT2D eigenvalue weighted by atomic mass is 9.74. The molecule has 9 rings (SSSR count). The molecule has 1 aliphatic carbocycles. The van der Waals surface area contributed by atoms with Crippen molar-refractivity contribution < 1.29 is 57.1 Å². The number of amides is 4. The number of nitrogens with two attached hydrogens (primary N) is 4. The highest BCUT2D eigenvalue weighted by Gasteiger charge is 2.43. The molecule has 4 aromatic carbocycles. The van der Waals surface area contributed by atoms with Crippen LogP contribution >= 0.6 is 0 Å². The van der Waals surface area contributed by atoms with E-state index in [9.17, 15) is 19.2 Å². The quantitative estimate of drug-likeness (QED) is 0.0211. The smallest absolute Gasteiger partial charge is 0.237 e. The monoisotopic (exact) mass is 1330 g/mol. The second kappa shape index (κ2) is 33.5. The Hall–Kier alpha value is -7.00. The molecular formula is C76H112N8O12. The van der Waals surface area contributed by atoms with E-state index in [1.165, 1.54) is 0 Å². The minimum absolute atomic E-state index is 0.00390. The second-order valence-electron chi connectivity index (χ2n) is 28.5. The molecule has 4 aromatic rings. The third-order valence-electron chi connectivity index (χ3n) is 20.4. The third kappa shape index (κ3) is 15.9. The Morgan fingerprint density at radius 2 is 0.490 bits per heavy atom. The van der Waals surface area contributed by atoms with Gasteiger partial charge in [0.2, 0.25) is 50.8 Å². The molecule has 528 valence electrons. The first kappa shape index (κ1) is 73.3. The SMILES string of the molecule is CCCCCC1c2cc3c4c(CNC(=O)[C@@H](N)C(C)C)c2OCOc2c1cc1c(c2CNC(=O)[C@@H](N)C(C)C)OCOc2c(cc5c(c2CNC(=O)[C@@H](N)C(C)C)OCOc2c(cc(c(c2CNC(=O)[C@@H](N)C(C)C)OCO4)C3CCCCC)C5CCCCC)C1CCCCC. The Kier molecular flexibility index (Phi) is 25.6. The van der Waals surface area contributed by atoms with Crippen LogP contribution in [0.5, 0.6) is 46.0 Å². The van der Waals surface area contributed by atoms with Gasteiger partial charge in [-0.15, -0.1) is 0 Å². The Bertz CT molecular complexity index is 2830. The largest absolute Gasteiger partial charge is 0.457 e. The van der Waals surface area contributed by atoms with Crippen molar-refractivity contribution in [1.82, 2.24) is 21.3 Å². The molecule has 5 aliphatic rings. The van der Waals surface area contributed by atoms with Crippen LogP contribution in [-0.2, 0) is 45.4 Å². The molecule has 0 saturated heterocycles. The molecule has 20 nitrogen and oxygen atoms in total. The third-order valence-corrected chi connectivity index (χ3v) is 20.4. The molecule has 0 unspecified atom stereocenters. The van der Waals surface area contributed by atoms with Gasteiger partial charge in [0, 0.05) is 68.2 Å². The van der Waals surface area contributed by atoms with E-state index in [2.05, 4.69) is 73.2 Å². The summed E-state index contributed by atoms with van der Waals surface area (Å²) in [5, 5.41) is 13.0. The highest BCUT2D eigenvalue weighted by atomic mass is 16.7. The fourth-order valence-corrected chi connectivity index (χ4v) is 14.4. The van der Waals surface area contributed by atoms with Crippen LogP contribution in [0.4, 0.5) is 0 Å². The molecule has 4 heterocycles. The first-order chi connectivity index (χ1) is 46.2. The summed E-state index contributed by atoms with van der Waals surface area (Å²) in [6, 6.07) is 5.94. The van der Waals surface area contributed by atoms with Gasteiger partial charge in [-0.25, -0.2) is 0 Å². The average Bonchev–Trinajstić information content (AvgIpc) is 0.726. The van der Waals surface area contributed by atoms with E-state index < -0.39 is 47.8 Å². The summed E-state index contributed by atoms with van der Waals surface area (Å²) in [4.78, 5) is 57.2. The van der Waals surface area contributed by atoms with Crippen LogP contribution in [0.1, 0.15) is 276 Å². The normalized spacial score (nSPS) is 18.5. The first-order valence-corrected chi connectivity index (χ1v) is 36.1. The van der Waals surface area contributed by atoms with Crippen molar-refractivity contribution in [3.63, 3.8) is 0 Å². The molecule has 0 aromatic heterocycles. The fourth-order valence-electron chi connectivity index (χ4n) is 14.4. The van der Waals surface area contributed by atoms with Crippen molar-refractivity contribution in [2.24, 2.45) is 46.6 Å². The van der Waals surface area contributed by atoms with E-state index in [4.69, 9.17) is 60.8 Å². The van der Waals surface area contributed by atoms with Gasteiger partial charge in [0.25, 0.3) is 0 Å². The lowest BCUT2D eigenvalue weighted by molar-refractivity contribution is -0.124. The van der Waals surface area contributed by atoms with Gasteiger partial charge in [-0.3, -0.25) is 19.2 Å². The number of hydrogen-bond donors (Lipinski definition) is 8. The minimum Gasteiger partial charge on any atom is -0.457 e. The van der Waals surface area contributed by atoms with Crippen LogP contribution in [-0.4, -0.2) is 75.0 Å². The molecule has 20 heteroatoms. The predicted octanol–water partition coefficient (Wildman–Crippen LogP) is 12.2. The number of benzene rings is 4. The van der Waals surface area contributed by atoms with E-state index in [0.717, 1.165) is 122 Å². The Labute approximate surface area is 570 Å². The molecular weight excluding hydrogens is 1220 g/mol. The number of carbonyl (C=O) groups excluding carboxylic acids is 4. The fraction of sp³-hybridized carbons (Fsp3) is 0.632. The van der Waals surface area contributed by atoms with Gasteiger partial charge in [0.1, 0.15) is 46.0 Å². The van der Waals surface area contributed by atoms with Gasteiger partial charge in [-0.05, 0) is 73.6 Å². The molecule has 8 bridgehead atoms. The second-order valence-corrected chi connectivity index (χ2v) is 28.5. The maximum absolute atomic E-state index is 14.3. The van der Waals surface area contributed by atoms with Crippen LogP contribution < -0.4 is 82.1 Å². The van der Waals surface area contributed by atoms with Crippen LogP contribution in [0.25, 0.3) is 0 Å². The molecule has 96 heavy (non-hydrogen) atoms. The summed E-state index contributed by atoms with van der Waals surface area (Å²) < 4.78 is 56.9. The van der Waals surface area contributed by atoms with Gasteiger partial charge < -0.3 is 82.1 Å². The van der Waals surface area contributed by atoms with E-state index in [1.807, 2.05) is 55.4 Å². The molecule has 0 spiro atoms. The molecule has 4 aliphatic heterocycles. The number of hydrogen-bond acceptors (Lipinski definition) is 16. The van der Waals surface area contributed by atoms with Gasteiger partial charge in [-0.2, -0.15) is 0 Å². The van der Waals surface area contributed by atoms with Crippen LogP contribution in [0.2, 0.25) is 0 Å². The van der Waals surface area contributed by atoms with Crippen molar-refractivity contribution in [1.29, 1.82) is 0 Å². The highest BCUT2D eigenvalue weighted by molar-refractivity contribution is 5.84. The van der Waals surface area contributed by atoms with Crippen LogP contribution in [0.15, 0.2) is 24.3 Å². The number of nitrogens with one attached hydrogen (secondary N) is 4. The van der Waals surface area contributed by atoms with E-state index in [0.29, 0.717) is 93.9 Å². The summed E-state index contributed by atoms with van der Waals surface area (Å²) >= 11 is 0. The van der Waals surface area contributed by atoms with Crippen molar-refractivity contribution in [3.05, 3.63) is 91.0 Å². The predicted molar refractivity (Wildman–Crippen MR) is 373 cm³/mol. The summed E-state index contributed by atoms with van der Waals surface area (Å²) in [5.41, 5.74) is 36.0. The summed E-state index contributed by atoms with van der Waals surface area (Å²) in [7, 11) is 0. The molecule has 0 fully saturated rings. The lowest BCUT2D eigenvalue weighted by Crippen LogP contribution is -2.44. The van der Waals surface area contributed by atoms with Crippen LogP contribution in [0.3, 0.4) is 0 Å². The maximum atomic E-state index is 14.3. The summed E-state index contributed by atoms with van der Waals surface area (Å²) in [6.07, 6.45) is 13.4. The van der Waals surface area contributed by atoms with E-state index in [-0.39, 0.29) is 101 Å². The van der Waals surface area contributed by atoms with Crippen molar-refractivity contribution in [2.45, 2.75) is 260 Å². The molecule has 4 atom stereocenters. The van der Waals surface area contributed by atoms with Gasteiger partial charge in [0.05, 0.1) is 72.6 Å². The molecule has 12 N–H and O–H groups in total.